The van der Waals surface area contributed by atoms with Gasteiger partial charge in [-0.25, -0.2) is 9.97 Å². The highest BCUT2D eigenvalue weighted by atomic mass is 35.5. The zero-order valence-electron chi connectivity index (χ0n) is 21.0. The van der Waals surface area contributed by atoms with Crippen molar-refractivity contribution in [1.82, 2.24) is 24.8 Å². The SMILES string of the molecule is CC(C)NC(=O)Cn1c(-c2cccc(Cl)c2)nc2ncc(OCCCN3CCCCCC3)cc2c1=O. The molecule has 1 aliphatic rings. The first-order valence-corrected chi connectivity index (χ1v) is 13.1. The smallest absolute Gasteiger partial charge is 0.263 e. The summed E-state index contributed by atoms with van der Waals surface area (Å²) in [4.78, 5) is 37.7. The van der Waals surface area contributed by atoms with Gasteiger partial charge in [0.25, 0.3) is 5.56 Å². The third kappa shape index (κ3) is 6.83. The van der Waals surface area contributed by atoms with E-state index < -0.39 is 0 Å². The molecule has 1 aromatic carbocycles. The lowest BCUT2D eigenvalue weighted by Crippen LogP contribution is -2.37. The summed E-state index contributed by atoms with van der Waals surface area (Å²) in [6.45, 7) is 7.44. The van der Waals surface area contributed by atoms with Crippen molar-refractivity contribution in [2.24, 2.45) is 0 Å². The number of nitrogens with zero attached hydrogens (tertiary/aromatic N) is 4. The van der Waals surface area contributed by atoms with E-state index in [1.165, 1.54) is 30.3 Å². The molecule has 3 heterocycles. The van der Waals surface area contributed by atoms with Crippen LogP contribution < -0.4 is 15.6 Å². The average molecular weight is 512 g/mol. The molecule has 0 aliphatic carbocycles. The molecule has 1 N–H and O–H groups in total. The van der Waals surface area contributed by atoms with Crippen LogP contribution in [-0.4, -0.2) is 57.6 Å². The van der Waals surface area contributed by atoms with E-state index in [1.807, 2.05) is 13.8 Å². The maximum atomic E-state index is 13.6. The summed E-state index contributed by atoms with van der Waals surface area (Å²) >= 11 is 6.19. The maximum absolute atomic E-state index is 13.6. The first-order chi connectivity index (χ1) is 17.4. The Bertz CT molecular complexity index is 1250. The Morgan fingerprint density at radius 1 is 1.17 bits per heavy atom. The third-order valence-corrected chi connectivity index (χ3v) is 6.44. The van der Waals surface area contributed by atoms with Gasteiger partial charge in [0.05, 0.1) is 18.2 Å². The van der Waals surface area contributed by atoms with Gasteiger partial charge in [-0.15, -0.1) is 0 Å². The molecule has 2 aromatic heterocycles. The summed E-state index contributed by atoms with van der Waals surface area (Å²) in [5.41, 5.74) is 0.582. The standard InChI is InChI=1S/C27H34ClN5O3/c1-19(2)30-24(34)18-33-26(20-9-7-10-21(28)15-20)31-25-23(27(33)35)16-22(17-29-25)36-14-8-13-32-11-5-3-4-6-12-32/h7,9-10,15-17,19H,3-6,8,11-14,18H2,1-2H3,(H,30,34). The van der Waals surface area contributed by atoms with Gasteiger partial charge in [-0.3, -0.25) is 14.2 Å². The average Bonchev–Trinajstić information content (AvgIpc) is 3.12. The van der Waals surface area contributed by atoms with Crippen molar-refractivity contribution < 1.29 is 9.53 Å². The number of carbonyl (C=O) groups is 1. The quantitative estimate of drug-likeness (QED) is 0.431. The highest BCUT2D eigenvalue weighted by Crippen LogP contribution is 2.23. The number of hydrogen-bond acceptors (Lipinski definition) is 6. The van der Waals surface area contributed by atoms with Gasteiger partial charge in [0, 0.05) is 23.2 Å². The van der Waals surface area contributed by atoms with Crippen LogP contribution in [0.4, 0.5) is 0 Å². The molecule has 8 nitrogen and oxygen atoms in total. The van der Waals surface area contributed by atoms with Crippen LogP contribution in [0.2, 0.25) is 5.02 Å². The number of ether oxygens (including phenoxy) is 1. The number of carbonyl (C=O) groups excluding carboxylic acids is 1. The van der Waals surface area contributed by atoms with Gasteiger partial charge in [0.2, 0.25) is 5.91 Å². The maximum Gasteiger partial charge on any atom is 0.263 e. The molecule has 4 rings (SSSR count). The molecule has 1 saturated heterocycles. The molecule has 0 atom stereocenters. The summed E-state index contributed by atoms with van der Waals surface area (Å²) in [5.74, 6) is 0.587. The minimum atomic E-state index is -0.351. The Labute approximate surface area is 216 Å². The van der Waals surface area contributed by atoms with Crippen molar-refractivity contribution in [2.75, 3.05) is 26.2 Å². The van der Waals surface area contributed by atoms with Crippen molar-refractivity contribution in [3.63, 3.8) is 0 Å². The van der Waals surface area contributed by atoms with Crippen molar-refractivity contribution in [1.29, 1.82) is 0 Å². The van der Waals surface area contributed by atoms with E-state index in [1.54, 1.807) is 36.5 Å². The second-order valence-electron chi connectivity index (χ2n) is 9.56. The minimum Gasteiger partial charge on any atom is -0.492 e. The Morgan fingerprint density at radius 3 is 2.67 bits per heavy atom. The molecule has 3 aromatic rings. The van der Waals surface area contributed by atoms with E-state index in [0.717, 1.165) is 26.1 Å². The van der Waals surface area contributed by atoms with Crippen molar-refractivity contribution in [2.45, 2.75) is 58.5 Å². The lowest BCUT2D eigenvalue weighted by atomic mass is 10.2. The van der Waals surface area contributed by atoms with Gasteiger partial charge in [0.15, 0.2) is 5.65 Å². The molecule has 1 fully saturated rings. The second kappa shape index (κ2) is 12.3. The number of nitrogens with one attached hydrogen (secondary N) is 1. The largest absolute Gasteiger partial charge is 0.492 e. The number of pyridine rings is 1. The van der Waals surface area contributed by atoms with E-state index in [4.69, 9.17) is 16.3 Å². The Kier molecular flexibility index (Phi) is 8.93. The highest BCUT2D eigenvalue weighted by Gasteiger charge is 2.18. The molecule has 0 unspecified atom stereocenters. The summed E-state index contributed by atoms with van der Waals surface area (Å²) in [6, 6.07) is 8.66. The zero-order valence-corrected chi connectivity index (χ0v) is 21.8. The number of rotatable bonds is 9. The molecule has 36 heavy (non-hydrogen) atoms. The number of hydrogen-bond donors (Lipinski definition) is 1. The number of fused-ring (bicyclic) bond motifs is 1. The van der Waals surface area contributed by atoms with Gasteiger partial charge in [-0.05, 0) is 64.4 Å². The van der Waals surface area contributed by atoms with Gasteiger partial charge in [0.1, 0.15) is 18.1 Å². The van der Waals surface area contributed by atoms with E-state index in [9.17, 15) is 9.59 Å². The fourth-order valence-corrected chi connectivity index (χ4v) is 4.70. The van der Waals surface area contributed by atoms with Crippen LogP contribution in [0, 0.1) is 0 Å². The number of benzene rings is 1. The molecule has 1 aliphatic heterocycles. The number of amides is 1. The summed E-state index contributed by atoms with van der Waals surface area (Å²) in [5, 5.41) is 3.66. The molecule has 0 saturated carbocycles. The van der Waals surface area contributed by atoms with Crippen LogP contribution in [0.3, 0.4) is 0 Å². The van der Waals surface area contributed by atoms with Crippen molar-refractivity contribution in [3.8, 4) is 17.1 Å². The number of halogens is 1. The van der Waals surface area contributed by atoms with Crippen LogP contribution in [-0.2, 0) is 11.3 Å². The summed E-state index contributed by atoms with van der Waals surface area (Å²) in [6.07, 6.45) is 7.67. The van der Waals surface area contributed by atoms with Gasteiger partial charge < -0.3 is 15.0 Å². The number of aromatic nitrogens is 3. The van der Waals surface area contributed by atoms with Crippen LogP contribution >= 0.6 is 11.6 Å². The third-order valence-electron chi connectivity index (χ3n) is 6.20. The normalized spacial score (nSPS) is 14.7. The molecule has 9 heteroatoms. The van der Waals surface area contributed by atoms with E-state index in [0.29, 0.717) is 39.8 Å². The van der Waals surface area contributed by atoms with Gasteiger partial charge in [-0.2, -0.15) is 0 Å². The van der Waals surface area contributed by atoms with Crippen LogP contribution in [0.5, 0.6) is 5.75 Å². The number of likely N-dealkylation sites (tertiary alicyclic amines) is 1. The first kappa shape index (κ1) is 26.1. The zero-order chi connectivity index (χ0) is 25.5. The highest BCUT2D eigenvalue weighted by molar-refractivity contribution is 6.30. The molecular formula is C27H34ClN5O3. The molecule has 0 bridgehead atoms. The van der Waals surface area contributed by atoms with Crippen LogP contribution in [0.15, 0.2) is 41.3 Å². The van der Waals surface area contributed by atoms with Crippen molar-refractivity contribution in [3.05, 3.63) is 51.9 Å². The van der Waals surface area contributed by atoms with Crippen LogP contribution in [0.25, 0.3) is 22.4 Å². The fraction of sp³-hybridized carbons (Fsp3) is 0.481. The predicted octanol–water partition coefficient (Wildman–Crippen LogP) is 4.28. The molecule has 192 valence electrons. The first-order valence-electron chi connectivity index (χ1n) is 12.7. The van der Waals surface area contributed by atoms with Crippen molar-refractivity contribution >= 4 is 28.5 Å². The Balaban J connectivity index is 1.57. The topological polar surface area (TPSA) is 89.3 Å². The van der Waals surface area contributed by atoms with E-state index in [2.05, 4.69) is 20.2 Å². The van der Waals surface area contributed by atoms with Gasteiger partial charge >= 0.3 is 0 Å². The second-order valence-corrected chi connectivity index (χ2v) is 10.00. The molecule has 0 radical (unpaired) electrons. The Hall–Kier alpha value is -2.97. The minimum absolute atomic E-state index is 0.0489. The molecule has 0 spiro atoms. The lowest BCUT2D eigenvalue weighted by Gasteiger charge is -2.19. The predicted molar refractivity (Wildman–Crippen MR) is 143 cm³/mol. The lowest BCUT2D eigenvalue weighted by molar-refractivity contribution is -0.122. The molecule has 1 amide bonds. The monoisotopic (exact) mass is 511 g/mol. The Morgan fingerprint density at radius 2 is 1.94 bits per heavy atom. The van der Waals surface area contributed by atoms with Gasteiger partial charge in [-0.1, -0.05) is 36.6 Å². The van der Waals surface area contributed by atoms with Crippen LogP contribution in [0.1, 0.15) is 46.0 Å². The van der Waals surface area contributed by atoms with E-state index in [-0.39, 0.29) is 24.1 Å². The van der Waals surface area contributed by atoms with E-state index >= 15 is 0 Å². The summed E-state index contributed by atoms with van der Waals surface area (Å²) in [7, 11) is 0. The molecular weight excluding hydrogens is 478 g/mol. The fourth-order valence-electron chi connectivity index (χ4n) is 4.51. The summed E-state index contributed by atoms with van der Waals surface area (Å²) < 4.78 is 7.31.